The van der Waals surface area contributed by atoms with Crippen molar-refractivity contribution in [3.8, 4) is 11.3 Å². The summed E-state index contributed by atoms with van der Waals surface area (Å²) >= 11 is 0. The Hall–Kier alpha value is -3.38. The molecule has 0 radical (unpaired) electrons. The van der Waals surface area contributed by atoms with Crippen LogP contribution in [-0.4, -0.2) is 28.5 Å². The molecule has 1 atom stereocenters. The maximum absolute atomic E-state index is 12.6. The number of nitrogens with zero attached hydrogens (tertiary/aromatic N) is 1. The Morgan fingerprint density at radius 3 is 2.81 bits per heavy atom. The van der Waals surface area contributed by atoms with E-state index >= 15 is 0 Å². The number of H-pyrrole nitrogens is 1. The van der Waals surface area contributed by atoms with Crippen molar-refractivity contribution in [1.29, 1.82) is 0 Å². The summed E-state index contributed by atoms with van der Waals surface area (Å²) in [6.45, 7) is 0.350. The fraction of sp³-hybridized carbons (Fsp3) is 0.143. The molecular formula is C21H20N4O2. The third kappa shape index (κ3) is 3.61. The number of pyridine rings is 1. The highest BCUT2D eigenvalue weighted by Gasteiger charge is 2.17. The van der Waals surface area contributed by atoms with Crippen LogP contribution in [0.25, 0.3) is 22.4 Å². The molecule has 1 aromatic carbocycles. The summed E-state index contributed by atoms with van der Waals surface area (Å²) in [6.07, 6.45) is 4.21. The van der Waals surface area contributed by atoms with Crippen molar-refractivity contribution in [2.24, 2.45) is 5.73 Å². The van der Waals surface area contributed by atoms with E-state index in [-0.39, 0.29) is 17.7 Å². The average molecular weight is 360 g/mol. The van der Waals surface area contributed by atoms with Gasteiger partial charge >= 0.3 is 0 Å². The molecule has 0 aliphatic carbocycles. The number of furan rings is 1. The van der Waals surface area contributed by atoms with Crippen LogP contribution in [0, 0.1) is 0 Å². The van der Waals surface area contributed by atoms with Gasteiger partial charge in [0.1, 0.15) is 11.4 Å². The van der Waals surface area contributed by atoms with Crippen LogP contribution in [0.1, 0.15) is 16.1 Å². The molecule has 0 aliphatic rings. The summed E-state index contributed by atoms with van der Waals surface area (Å²) in [7, 11) is 0. The van der Waals surface area contributed by atoms with Crippen molar-refractivity contribution < 1.29 is 9.21 Å². The molecule has 6 nitrogen and oxygen atoms in total. The Kier molecular flexibility index (Phi) is 4.72. The highest BCUT2D eigenvalue weighted by molar-refractivity contribution is 5.94. The number of aromatic nitrogens is 2. The monoisotopic (exact) mass is 360 g/mol. The number of rotatable bonds is 6. The number of amides is 1. The standard InChI is InChI=1S/C21H20N4O2/c22-13-15(12-14-4-2-1-3-5-14)25-21(26)19-7-6-18(27-19)16-8-10-23-20-17(16)9-11-24-20/h1-11,15H,12-13,22H2,(H,23,24)(H,25,26). The summed E-state index contributed by atoms with van der Waals surface area (Å²) in [5.74, 6) is 0.614. The van der Waals surface area contributed by atoms with Gasteiger partial charge < -0.3 is 20.5 Å². The predicted octanol–water partition coefficient (Wildman–Crippen LogP) is 3.12. The smallest absolute Gasteiger partial charge is 0.287 e. The van der Waals surface area contributed by atoms with Crippen molar-refractivity contribution in [2.75, 3.05) is 6.54 Å². The fourth-order valence-electron chi connectivity index (χ4n) is 3.13. The lowest BCUT2D eigenvalue weighted by Gasteiger charge is -2.16. The molecule has 0 bridgehead atoms. The van der Waals surface area contributed by atoms with E-state index < -0.39 is 0 Å². The van der Waals surface area contributed by atoms with Gasteiger partial charge in [0.15, 0.2) is 5.76 Å². The van der Waals surface area contributed by atoms with Gasteiger partial charge in [0.2, 0.25) is 0 Å². The first-order chi connectivity index (χ1) is 13.2. The van der Waals surface area contributed by atoms with E-state index in [1.807, 2.05) is 48.7 Å². The van der Waals surface area contributed by atoms with Crippen molar-refractivity contribution in [3.05, 3.63) is 78.3 Å². The topological polar surface area (TPSA) is 96.9 Å². The second kappa shape index (κ2) is 7.47. The molecular weight excluding hydrogens is 340 g/mol. The van der Waals surface area contributed by atoms with Gasteiger partial charge in [0.05, 0.1) is 0 Å². The first kappa shape index (κ1) is 17.1. The maximum Gasteiger partial charge on any atom is 0.287 e. The molecule has 0 aliphatic heterocycles. The van der Waals surface area contributed by atoms with Crippen LogP contribution in [0.2, 0.25) is 0 Å². The first-order valence-corrected chi connectivity index (χ1v) is 8.82. The molecule has 27 heavy (non-hydrogen) atoms. The Labute approximate surface area is 156 Å². The molecule has 136 valence electrons. The molecule has 4 aromatic rings. The van der Waals surface area contributed by atoms with Crippen LogP contribution < -0.4 is 11.1 Å². The predicted molar refractivity (Wildman–Crippen MR) is 104 cm³/mol. The highest BCUT2D eigenvalue weighted by Crippen LogP contribution is 2.28. The van der Waals surface area contributed by atoms with Crippen molar-refractivity contribution in [3.63, 3.8) is 0 Å². The van der Waals surface area contributed by atoms with Gasteiger partial charge in [0, 0.05) is 35.9 Å². The normalized spacial score (nSPS) is 12.2. The number of hydrogen-bond donors (Lipinski definition) is 3. The Bertz CT molecular complexity index is 1050. The minimum atomic E-state index is -0.271. The Balaban J connectivity index is 1.51. The van der Waals surface area contributed by atoms with Crippen LogP contribution in [0.5, 0.6) is 0 Å². The molecule has 1 unspecified atom stereocenters. The SMILES string of the molecule is NCC(Cc1ccccc1)NC(=O)c1ccc(-c2ccnc3[nH]ccc23)o1. The molecule has 1 amide bonds. The lowest BCUT2D eigenvalue weighted by atomic mass is 10.1. The van der Waals surface area contributed by atoms with Gasteiger partial charge in [-0.1, -0.05) is 30.3 Å². The van der Waals surface area contributed by atoms with Crippen LogP contribution in [0.4, 0.5) is 0 Å². The second-order valence-electron chi connectivity index (χ2n) is 6.36. The number of benzene rings is 1. The zero-order valence-corrected chi connectivity index (χ0v) is 14.7. The van der Waals surface area contributed by atoms with E-state index in [2.05, 4.69) is 15.3 Å². The molecule has 0 fully saturated rings. The van der Waals surface area contributed by atoms with Gasteiger partial charge in [-0.25, -0.2) is 4.98 Å². The van der Waals surface area contributed by atoms with Crippen LogP contribution in [0.15, 0.2) is 71.4 Å². The third-order valence-corrected chi connectivity index (χ3v) is 4.50. The lowest BCUT2D eigenvalue weighted by molar-refractivity contribution is 0.0911. The number of carbonyl (C=O) groups is 1. The molecule has 3 aromatic heterocycles. The number of carbonyl (C=O) groups excluding carboxylic acids is 1. The molecule has 4 N–H and O–H groups in total. The molecule has 4 rings (SSSR count). The van der Waals surface area contributed by atoms with E-state index in [9.17, 15) is 4.79 Å². The zero-order chi connectivity index (χ0) is 18.6. The number of hydrogen-bond acceptors (Lipinski definition) is 4. The fourth-order valence-corrected chi connectivity index (χ4v) is 3.13. The van der Waals surface area contributed by atoms with E-state index in [0.717, 1.165) is 22.2 Å². The van der Waals surface area contributed by atoms with Gasteiger partial charge in [-0.15, -0.1) is 0 Å². The number of aromatic amines is 1. The van der Waals surface area contributed by atoms with Crippen molar-refractivity contribution in [2.45, 2.75) is 12.5 Å². The van der Waals surface area contributed by atoms with Crippen molar-refractivity contribution >= 4 is 16.9 Å². The second-order valence-corrected chi connectivity index (χ2v) is 6.36. The third-order valence-electron chi connectivity index (χ3n) is 4.50. The maximum atomic E-state index is 12.6. The van der Waals surface area contributed by atoms with Crippen LogP contribution >= 0.6 is 0 Å². The van der Waals surface area contributed by atoms with Crippen LogP contribution in [0.3, 0.4) is 0 Å². The summed E-state index contributed by atoms with van der Waals surface area (Å²) in [4.78, 5) is 19.9. The average Bonchev–Trinajstić information content (AvgIpc) is 3.37. The molecule has 0 saturated carbocycles. The summed E-state index contributed by atoms with van der Waals surface area (Å²) in [6, 6.07) is 17.1. The van der Waals surface area contributed by atoms with E-state index in [0.29, 0.717) is 18.7 Å². The quantitative estimate of drug-likeness (QED) is 0.492. The Morgan fingerprint density at radius 1 is 1.15 bits per heavy atom. The molecule has 6 heteroatoms. The minimum absolute atomic E-state index is 0.161. The number of nitrogens with two attached hydrogens (primary N) is 1. The Morgan fingerprint density at radius 2 is 2.00 bits per heavy atom. The van der Waals surface area contributed by atoms with Crippen LogP contribution in [-0.2, 0) is 6.42 Å². The first-order valence-electron chi connectivity index (χ1n) is 8.82. The molecule has 0 saturated heterocycles. The van der Waals surface area contributed by atoms with E-state index in [1.54, 1.807) is 18.3 Å². The molecule has 0 spiro atoms. The van der Waals surface area contributed by atoms with Gasteiger partial charge in [-0.05, 0) is 36.2 Å². The van der Waals surface area contributed by atoms with E-state index in [1.165, 1.54) is 0 Å². The number of fused-ring (bicyclic) bond motifs is 1. The largest absolute Gasteiger partial charge is 0.451 e. The number of nitrogens with one attached hydrogen (secondary N) is 2. The summed E-state index contributed by atoms with van der Waals surface area (Å²) < 4.78 is 5.81. The summed E-state index contributed by atoms with van der Waals surface area (Å²) in [5, 5.41) is 3.90. The van der Waals surface area contributed by atoms with E-state index in [4.69, 9.17) is 10.2 Å². The van der Waals surface area contributed by atoms with Gasteiger partial charge in [-0.2, -0.15) is 0 Å². The highest BCUT2D eigenvalue weighted by atomic mass is 16.3. The zero-order valence-electron chi connectivity index (χ0n) is 14.7. The van der Waals surface area contributed by atoms with Gasteiger partial charge in [-0.3, -0.25) is 4.79 Å². The van der Waals surface area contributed by atoms with Gasteiger partial charge in [0.25, 0.3) is 5.91 Å². The lowest BCUT2D eigenvalue weighted by Crippen LogP contribution is -2.41. The minimum Gasteiger partial charge on any atom is -0.451 e. The summed E-state index contributed by atoms with van der Waals surface area (Å²) in [5.41, 5.74) is 8.63. The molecule has 3 heterocycles. The van der Waals surface area contributed by atoms with Crippen molar-refractivity contribution in [1.82, 2.24) is 15.3 Å².